The zero-order valence-corrected chi connectivity index (χ0v) is 24.4. The molecule has 4 heteroatoms. The average Bonchev–Trinajstić information content (AvgIpc) is 2.99. The Balaban J connectivity index is 0.00000121. The molecule has 6 rings (SSSR count). The van der Waals surface area contributed by atoms with E-state index in [4.69, 9.17) is 4.74 Å². The maximum atomic E-state index is 6.28. The first-order chi connectivity index (χ1) is 19.4. The van der Waals surface area contributed by atoms with Crippen molar-refractivity contribution in [3.05, 3.63) is 132 Å². The summed E-state index contributed by atoms with van der Waals surface area (Å²) in [6.07, 6.45) is 12.1. The summed E-state index contributed by atoms with van der Waals surface area (Å²) in [5.41, 5.74) is 8.19. The van der Waals surface area contributed by atoms with Crippen LogP contribution in [0.15, 0.2) is 104 Å². The second kappa shape index (κ2) is 14.4. The van der Waals surface area contributed by atoms with Gasteiger partial charge in [-0.25, -0.2) is 0 Å². The number of fused-ring (bicyclic) bond motifs is 2. The van der Waals surface area contributed by atoms with Crippen LogP contribution in [0.5, 0.6) is 5.75 Å². The Hall–Kier alpha value is -4.06. The predicted octanol–water partition coefficient (Wildman–Crippen LogP) is 8.12. The average molecular weight is 611 g/mol. The van der Waals surface area contributed by atoms with Crippen LogP contribution in [0.1, 0.15) is 42.5 Å². The van der Waals surface area contributed by atoms with Crippen LogP contribution < -0.4 is 4.74 Å². The number of ether oxygens (including phenoxy) is 1. The largest absolute Gasteiger partial charge is 0.550 e. The van der Waals surface area contributed by atoms with Gasteiger partial charge in [0.2, 0.25) is 0 Å². The van der Waals surface area contributed by atoms with Crippen molar-refractivity contribution in [2.24, 2.45) is 0 Å². The van der Waals surface area contributed by atoms with Crippen molar-refractivity contribution in [1.82, 2.24) is 9.97 Å². The van der Waals surface area contributed by atoms with Gasteiger partial charge in [-0.2, -0.15) is 18.2 Å². The molecule has 3 aromatic carbocycles. The van der Waals surface area contributed by atoms with E-state index in [-0.39, 0.29) is 19.5 Å². The third-order valence-corrected chi connectivity index (χ3v) is 6.73. The first-order valence-electron chi connectivity index (χ1n) is 13.5. The van der Waals surface area contributed by atoms with Crippen molar-refractivity contribution >= 4 is 16.3 Å². The minimum Gasteiger partial charge on any atom is -0.550 e. The second-order valence-electron chi connectivity index (χ2n) is 9.01. The van der Waals surface area contributed by atoms with Crippen LogP contribution >= 0.6 is 0 Å². The first kappa shape index (κ1) is 28.9. The number of benzene rings is 3. The number of pyridine rings is 2. The van der Waals surface area contributed by atoms with Gasteiger partial charge in [0, 0.05) is 80.2 Å². The van der Waals surface area contributed by atoms with Crippen molar-refractivity contribution in [3.8, 4) is 28.7 Å². The molecule has 40 heavy (non-hydrogen) atoms. The van der Waals surface area contributed by atoms with E-state index in [1.807, 2.05) is 56.8 Å². The van der Waals surface area contributed by atoms with Crippen molar-refractivity contribution in [3.63, 3.8) is 0 Å². The van der Waals surface area contributed by atoms with Crippen LogP contribution in [0.2, 0.25) is 0 Å². The molecule has 5 aromatic rings. The van der Waals surface area contributed by atoms with Crippen LogP contribution in [0, 0.1) is 17.9 Å². The molecule has 2 aromatic heterocycles. The van der Waals surface area contributed by atoms with Gasteiger partial charge in [0.1, 0.15) is 0 Å². The van der Waals surface area contributed by atoms with E-state index in [9.17, 15) is 0 Å². The molecule has 0 fully saturated rings. The van der Waals surface area contributed by atoms with Crippen LogP contribution in [-0.4, -0.2) is 16.6 Å². The van der Waals surface area contributed by atoms with Gasteiger partial charge in [-0.15, -0.1) is 6.07 Å². The molecule has 3 nitrogen and oxygen atoms in total. The summed E-state index contributed by atoms with van der Waals surface area (Å²) in [5.74, 6) is 7.32. The van der Waals surface area contributed by atoms with E-state index in [0.29, 0.717) is 6.61 Å². The number of nitrogens with zero attached hydrogens (tertiary/aromatic N) is 2. The maximum absolute atomic E-state index is 6.28. The van der Waals surface area contributed by atoms with Gasteiger partial charge in [-0.3, -0.25) is 9.97 Å². The van der Waals surface area contributed by atoms with Crippen LogP contribution in [0.3, 0.4) is 0 Å². The molecule has 0 saturated carbocycles. The molecule has 0 amide bonds. The third kappa shape index (κ3) is 6.56. The molecule has 0 bridgehead atoms. The van der Waals surface area contributed by atoms with E-state index in [1.165, 1.54) is 27.8 Å². The fourth-order valence-corrected chi connectivity index (χ4v) is 4.82. The Morgan fingerprint density at radius 2 is 1.68 bits per heavy atom. The fraction of sp³-hybridized carbons (Fsp3) is 0.167. The van der Waals surface area contributed by atoms with Gasteiger partial charge < -0.3 is 4.74 Å². The summed E-state index contributed by atoms with van der Waals surface area (Å²) >= 11 is 0. The predicted molar refractivity (Wildman–Crippen MR) is 160 cm³/mol. The third-order valence-electron chi connectivity index (χ3n) is 6.73. The van der Waals surface area contributed by atoms with Crippen LogP contribution in [0.25, 0.3) is 27.5 Å². The number of aromatic nitrogens is 2. The molecule has 0 atom stereocenters. The molecule has 0 saturated heterocycles. The SMILES string of the molecule is C1#CCc2ccncc2/C(c2ccc(CCOc3c[c-]ccc3-c3cccc4ccncc34)cc2)=C\C1.CC.[Rh]. The van der Waals surface area contributed by atoms with Crippen LogP contribution in [0.4, 0.5) is 0 Å². The molecule has 1 aliphatic rings. The number of rotatable bonds is 6. The summed E-state index contributed by atoms with van der Waals surface area (Å²) in [6.45, 7) is 4.58. The Bertz CT molecular complexity index is 1660. The van der Waals surface area contributed by atoms with Gasteiger partial charge in [0.15, 0.2) is 0 Å². The Kier molecular flexibility index (Phi) is 10.4. The van der Waals surface area contributed by atoms with Gasteiger partial charge >= 0.3 is 0 Å². The summed E-state index contributed by atoms with van der Waals surface area (Å²) in [5, 5.41) is 2.28. The van der Waals surface area contributed by atoms with Crippen molar-refractivity contribution in [2.45, 2.75) is 33.1 Å². The number of hydrogen-bond acceptors (Lipinski definition) is 3. The zero-order chi connectivity index (χ0) is 26.9. The Morgan fingerprint density at radius 3 is 2.55 bits per heavy atom. The zero-order valence-electron chi connectivity index (χ0n) is 22.8. The molecular weight excluding hydrogens is 579 g/mol. The number of hydrogen-bond donors (Lipinski definition) is 0. The normalized spacial score (nSPS) is 13.0. The summed E-state index contributed by atoms with van der Waals surface area (Å²) in [6, 6.07) is 28.2. The maximum Gasteiger partial charge on any atom is 0.0755 e. The number of allylic oxidation sites excluding steroid dienone is 1. The molecular formula is C36H31N2ORh-. The van der Waals surface area contributed by atoms with E-state index in [0.717, 1.165) is 46.9 Å². The summed E-state index contributed by atoms with van der Waals surface area (Å²) in [4.78, 5) is 8.70. The molecule has 1 aliphatic carbocycles. The molecule has 0 aliphatic heterocycles. The van der Waals surface area contributed by atoms with Gasteiger partial charge in [-0.05, 0) is 45.3 Å². The molecule has 1 radical (unpaired) electrons. The van der Waals surface area contributed by atoms with E-state index in [2.05, 4.69) is 88.5 Å². The van der Waals surface area contributed by atoms with E-state index in [1.54, 1.807) is 0 Å². The Morgan fingerprint density at radius 1 is 0.850 bits per heavy atom. The van der Waals surface area contributed by atoms with Gasteiger partial charge in [0.05, 0.1) is 6.61 Å². The summed E-state index contributed by atoms with van der Waals surface area (Å²) in [7, 11) is 0. The topological polar surface area (TPSA) is 35.0 Å². The monoisotopic (exact) mass is 610 g/mol. The van der Waals surface area contributed by atoms with Crippen molar-refractivity contribution in [1.29, 1.82) is 0 Å². The molecule has 201 valence electrons. The van der Waals surface area contributed by atoms with Crippen molar-refractivity contribution < 1.29 is 24.2 Å². The second-order valence-corrected chi connectivity index (χ2v) is 9.01. The van der Waals surface area contributed by atoms with Crippen molar-refractivity contribution in [2.75, 3.05) is 6.61 Å². The molecule has 2 heterocycles. The minimum atomic E-state index is 0. The fourth-order valence-electron chi connectivity index (χ4n) is 4.82. The van der Waals surface area contributed by atoms with Crippen LogP contribution in [-0.2, 0) is 32.3 Å². The molecule has 0 unspecified atom stereocenters. The molecule has 0 spiro atoms. The Labute approximate surface area is 250 Å². The quantitative estimate of drug-likeness (QED) is 0.111. The smallest absolute Gasteiger partial charge is 0.0755 e. The molecule has 0 N–H and O–H groups in total. The minimum absolute atomic E-state index is 0. The van der Waals surface area contributed by atoms with Gasteiger partial charge in [0.25, 0.3) is 0 Å². The van der Waals surface area contributed by atoms with E-state index >= 15 is 0 Å². The standard InChI is InChI=1S/C34H25N2O.C2H6.Rh/c1-2-7-26-17-20-35-23-32(26)29(9-3-1)28-15-13-25(14-16-28)19-22-37-34-12-5-4-10-31(34)30-11-6-8-27-18-21-36-24-33(27)30;1-2;/h4,6,8-18,20-21,23-24H,3,7,19,22H2;1-2H3;/q-1;;/b29-9-;;. The first-order valence-corrected chi connectivity index (χ1v) is 13.5. The van der Waals surface area contributed by atoms with Gasteiger partial charge in [-0.1, -0.05) is 79.8 Å². The van der Waals surface area contributed by atoms with E-state index < -0.39 is 0 Å². The summed E-state index contributed by atoms with van der Waals surface area (Å²) < 4.78 is 6.28.